The minimum atomic E-state index is -0.424. The number of nitro groups is 1. The molecule has 7 heteroatoms. The average Bonchev–Trinajstić information content (AvgIpc) is 2.89. The third kappa shape index (κ3) is 3.80. The largest absolute Gasteiger partial charge is 0.310 e. The van der Waals surface area contributed by atoms with Crippen molar-refractivity contribution in [2.24, 2.45) is 0 Å². The van der Waals surface area contributed by atoms with Crippen LogP contribution in [0.2, 0.25) is 5.02 Å². The molecule has 1 heterocycles. The van der Waals surface area contributed by atoms with Crippen molar-refractivity contribution in [2.45, 2.75) is 26.4 Å². The summed E-state index contributed by atoms with van der Waals surface area (Å²) in [5.74, 6) is 0. The van der Waals surface area contributed by atoms with Crippen molar-refractivity contribution in [3.05, 3.63) is 56.9 Å². The number of halogens is 1. The molecule has 1 aromatic heterocycles. The Morgan fingerprint density at radius 2 is 2.29 bits per heavy atom. The van der Waals surface area contributed by atoms with Crippen LogP contribution < -0.4 is 5.32 Å². The molecule has 0 aliphatic carbocycles. The second-order valence-corrected chi connectivity index (χ2v) is 5.22. The lowest BCUT2D eigenvalue weighted by Crippen LogP contribution is -2.17. The zero-order valence-electron chi connectivity index (χ0n) is 11.9. The normalized spacial score (nSPS) is 12.3. The van der Waals surface area contributed by atoms with Gasteiger partial charge in [0.2, 0.25) is 0 Å². The number of aromatic nitrogens is 2. The average molecular weight is 309 g/mol. The van der Waals surface area contributed by atoms with Gasteiger partial charge in [0.1, 0.15) is 0 Å². The first-order valence-corrected chi connectivity index (χ1v) is 7.07. The summed E-state index contributed by atoms with van der Waals surface area (Å²) in [6, 6.07) is 4.87. The minimum Gasteiger partial charge on any atom is -0.310 e. The second-order valence-electron chi connectivity index (χ2n) is 4.78. The monoisotopic (exact) mass is 308 g/mol. The van der Waals surface area contributed by atoms with Crippen molar-refractivity contribution < 1.29 is 4.92 Å². The molecule has 1 aromatic carbocycles. The fourth-order valence-electron chi connectivity index (χ4n) is 2.13. The van der Waals surface area contributed by atoms with Gasteiger partial charge in [-0.05, 0) is 25.6 Å². The van der Waals surface area contributed by atoms with E-state index in [1.807, 2.05) is 13.1 Å². The van der Waals surface area contributed by atoms with Gasteiger partial charge in [-0.1, -0.05) is 18.5 Å². The number of rotatable bonds is 6. The molecule has 0 aliphatic rings. The molecule has 0 radical (unpaired) electrons. The molecule has 2 rings (SSSR count). The van der Waals surface area contributed by atoms with Gasteiger partial charge in [-0.3, -0.25) is 14.8 Å². The highest BCUT2D eigenvalue weighted by molar-refractivity contribution is 6.30. The topological polar surface area (TPSA) is 73.0 Å². The highest BCUT2D eigenvalue weighted by Crippen LogP contribution is 2.24. The maximum absolute atomic E-state index is 11.1. The summed E-state index contributed by atoms with van der Waals surface area (Å²) in [5.41, 5.74) is 1.64. The van der Waals surface area contributed by atoms with Gasteiger partial charge in [-0.2, -0.15) is 5.10 Å². The predicted octanol–water partition coefficient (Wildman–Crippen LogP) is 3.16. The van der Waals surface area contributed by atoms with Crippen molar-refractivity contribution in [1.82, 2.24) is 15.1 Å². The van der Waals surface area contributed by atoms with Crippen molar-refractivity contribution in [3.8, 4) is 0 Å². The van der Waals surface area contributed by atoms with Crippen LogP contribution in [0.5, 0.6) is 0 Å². The van der Waals surface area contributed by atoms with E-state index in [9.17, 15) is 10.1 Å². The lowest BCUT2D eigenvalue weighted by molar-refractivity contribution is -0.385. The highest BCUT2D eigenvalue weighted by Gasteiger charge is 2.15. The number of benzene rings is 1. The Kier molecular flexibility index (Phi) is 4.93. The predicted molar refractivity (Wildman–Crippen MR) is 81.5 cm³/mol. The standard InChI is InChI=1S/C14H17ClN4O2/c1-3-16-10(2)12-7-17-18(9-12)8-11-4-5-13(15)6-14(11)19(20)21/h4-7,9-10,16H,3,8H2,1-2H3. The van der Waals surface area contributed by atoms with Gasteiger partial charge in [-0.25, -0.2) is 0 Å². The molecule has 0 fully saturated rings. The van der Waals surface area contributed by atoms with E-state index in [0.717, 1.165) is 12.1 Å². The number of nitrogens with one attached hydrogen (secondary N) is 1. The summed E-state index contributed by atoms with van der Waals surface area (Å²) >= 11 is 5.81. The summed E-state index contributed by atoms with van der Waals surface area (Å²) < 4.78 is 1.69. The van der Waals surface area contributed by atoms with E-state index in [0.29, 0.717) is 17.1 Å². The van der Waals surface area contributed by atoms with Crippen LogP contribution in [-0.2, 0) is 6.54 Å². The smallest absolute Gasteiger partial charge is 0.275 e. The van der Waals surface area contributed by atoms with Crippen LogP contribution in [0, 0.1) is 10.1 Å². The molecular weight excluding hydrogens is 292 g/mol. The van der Waals surface area contributed by atoms with Gasteiger partial charge in [0, 0.05) is 28.9 Å². The molecule has 6 nitrogen and oxygen atoms in total. The van der Waals surface area contributed by atoms with E-state index in [1.54, 1.807) is 23.0 Å². The molecule has 0 amide bonds. The molecule has 0 aliphatic heterocycles. The fraction of sp³-hybridized carbons (Fsp3) is 0.357. The number of hydrogen-bond donors (Lipinski definition) is 1. The molecule has 21 heavy (non-hydrogen) atoms. The molecule has 0 spiro atoms. The second kappa shape index (κ2) is 6.69. The Balaban J connectivity index is 2.21. The number of nitro benzene ring substituents is 1. The van der Waals surface area contributed by atoms with Crippen LogP contribution in [0.15, 0.2) is 30.6 Å². The Hall–Kier alpha value is -1.92. The maximum atomic E-state index is 11.1. The van der Waals surface area contributed by atoms with Crippen molar-refractivity contribution >= 4 is 17.3 Å². The van der Waals surface area contributed by atoms with Gasteiger partial charge in [0.15, 0.2) is 0 Å². The zero-order valence-corrected chi connectivity index (χ0v) is 12.7. The highest BCUT2D eigenvalue weighted by atomic mass is 35.5. The van der Waals surface area contributed by atoms with Crippen LogP contribution in [0.3, 0.4) is 0 Å². The van der Waals surface area contributed by atoms with E-state index in [4.69, 9.17) is 11.6 Å². The summed E-state index contributed by atoms with van der Waals surface area (Å²) in [5, 5.41) is 19.0. The third-order valence-electron chi connectivity index (χ3n) is 3.24. The summed E-state index contributed by atoms with van der Waals surface area (Å²) in [7, 11) is 0. The minimum absolute atomic E-state index is 0.0132. The van der Waals surface area contributed by atoms with E-state index in [-0.39, 0.29) is 11.7 Å². The molecule has 1 atom stereocenters. The Bertz CT molecular complexity index is 642. The number of nitrogens with zero attached hydrogens (tertiary/aromatic N) is 3. The first kappa shape index (κ1) is 15.5. The fourth-order valence-corrected chi connectivity index (χ4v) is 2.30. The summed E-state index contributed by atoms with van der Waals surface area (Å²) in [6.45, 7) is 5.30. The molecule has 2 aromatic rings. The van der Waals surface area contributed by atoms with Crippen LogP contribution in [0.25, 0.3) is 0 Å². The van der Waals surface area contributed by atoms with Gasteiger partial charge in [0.05, 0.1) is 23.2 Å². The van der Waals surface area contributed by atoms with E-state index < -0.39 is 4.92 Å². The lowest BCUT2D eigenvalue weighted by atomic mass is 10.1. The Labute approximate surface area is 127 Å². The SMILES string of the molecule is CCNC(C)c1cnn(Cc2ccc(Cl)cc2[N+](=O)[O-])c1. The first-order valence-electron chi connectivity index (χ1n) is 6.69. The molecule has 1 unspecified atom stereocenters. The molecule has 0 bridgehead atoms. The number of hydrogen-bond acceptors (Lipinski definition) is 4. The van der Waals surface area contributed by atoms with Crippen LogP contribution in [0.4, 0.5) is 5.69 Å². The van der Waals surface area contributed by atoms with Crippen molar-refractivity contribution in [2.75, 3.05) is 6.54 Å². The molecule has 112 valence electrons. The van der Waals surface area contributed by atoms with Gasteiger partial charge in [0.25, 0.3) is 5.69 Å². The Morgan fingerprint density at radius 3 is 2.95 bits per heavy atom. The van der Waals surface area contributed by atoms with Crippen molar-refractivity contribution in [1.29, 1.82) is 0 Å². The van der Waals surface area contributed by atoms with Gasteiger partial charge >= 0.3 is 0 Å². The maximum Gasteiger partial charge on any atom is 0.275 e. The van der Waals surface area contributed by atoms with Crippen molar-refractivity contribution in [3.63, 3.8) is 0 Å². The quantitative estimate of drug-likeness (QED) is 0.657. The summed E-state index contributed by atoms with van der Waals surface area (Å²) in [6.07, 6.45) is 3.67. The zero-order chi connectivity index (χ0) is 15.4. The summed E-state index contributed by atoms with van der Waals surface area (Å²) in [4.78, 5) is 10.6. The van der Waals surface area contributed by atoms with Gasteiger partial charge < -0.3 is 5.32 Å². The van der Waals surface area contributed by atoms with Crippen LogP contribution >= 0.6 is 11.6 Å². The molecular formula is C14H17ClN4O2. The lowest BCUT2D eigenvalue weighted by Gasteiger charge is -2.09. The molecule has 1 N–H and O–H groups in total. The van der Waals surface area contributed by atoms with E-state index >= 15 is 0 Å². The van der Waals surface area contributed by atoms with E-state index in [1.165, 1.54) is 6.07 Å². The van der Waals surface area contributed by atoms with Crippen LogP contribution in [0.1, 0.15) is 31.0 Å². The molecule has 0 saturated heterocycles. The molecule has 0 saturated carbocycles. The third-order valence-corrected chi connectivity index (χ3v) is 3.48. The van der Waals surface area contributed by atoms with Gasteiger partial charge in [-0.15, -0.1) is 0 Å². The van der Waals surface area contributed by atoms with E-state index in [2.05, 4.69) is 17.3 Å². The first-order chi connectivity index (χ1) is 10.0. The Morgan fingerprint density at radius 1 is 1.52 bits per heavy atom. The van der Waals surface area contributed by atoms with Crippen LogP contribution in [-0.4, -0.2) is 21.2 Å².